The lowest BCUT2D eigenvalue weighted by Crippen LogP contribution is -2.02. The highest BCUT2D eigenvalue weighted by atomic mass is 32.2. The van der Waals surface area contributed by atoms with Crippen molar-refractivity contribution in [3.63, 3.8) is 0 Å². The summed E-state index contributed by atoms with van der Waals surface area (Å²) in [6, 6.07) is 0. The molecule has 1 aromatic rings. The summed E-state index contributed by atoms with van der Waals surface area (Å²) >= 11 is 3.43. The molecule has 2 rings (SSSR count). The van der Waals surface area contributed by atoms with Gasteiger partial charge in [0.15, 0.2) is 0 Å². The predicted octanol–water partition coefficient (Wildman–Crippen LogP) is 3.16. The van der Waals surface area contributed by atoms with E-state index in [0.29, 0.717) is 5.92 Å². The normalized spacial score (nSPS) is 15.3. The summed E-state index contributed by atoms with van der Waals surface area (Å²) in [5.41, 5.74) is 7.18. The summed E-state index contributed by atoms with van der Waals surface area (Å²) in [4.78, 5) is 0. The molecule has 1 aliphatic carbocycles. The molecule has 0 radical (unpaired) electrons. The Morgan fingerprint density at radius 3 is 3.00 bits per heavy atom. The number of hydrogen-bond acceptors (Lipinski definition) is 5. The first kappa shape index (κ1) is 12.0. The number of aromatic nitrogens is 1. The zero-order valence-corrected chi connectivity index (χ0v) is 11.3. The van der Waals surface area contributed by atoms with Gasteiger partial charge in [-0.05, 0) is 55.1 Å². The lowest BCUT2D eigenvalue weighted by atomic mass is 10.2. The fourth-order valence-electron chi connectivity index (χ4n) is 1.78. The standard InChI is InChI=1S/C11H19N3S2/c1-15-7-3-2-6-13-11-9(8-4-5-8)10(12)14-16-11/h8,13H,2-7H2,1H3,(H2,12,14). The summed E-state index contributed by atoms with van der Waals surface area (Å²) < 4.78 is 4.25. The molecule has 1 heterocycles. The lowest BCUT2D eigenvalue weighted by molar-refractivity contribution is 0.843. The Balaban J connectivity index is 1.80. The Morgan fingerprint density at radius 2 is 2.31 bits per heavy atom. The molecule has 0 bridgehead atoms. The van der Waals surface area contributed by atoms with E-state index in [4.69, 9.17) is 5.73 Å². The molecule has 1 fully saturated rings. The van der Waals surface area contributed by atoms with Gasteiger partial charge >= 0.3 is 0 Å². The summed E-state index contributed by atoms with van der Waals surface area (Å²) in [5, 5.41) is 4.69. The van der Waals surface area contributed by atoms with Crippen LogP contribution in [-0.2, 0) is 0 Å². The average Bonchev–Trinajstić information content (AvgIpc) is 3.04. The number of anilines is 2. The third-order valence-corrected chi connectivity index (χ3v) is 4.33. The molecule has 90 valence electrons. The van der Waals surface area contributed by atoms with Crippen LogP contribution >= 0.6 is 23.3 Å². The topological polar surface area (TPSA) is 50.9 Å². The molecule has 0 unspecified atom stereocenters. The van der Waals surface area contributed by atoms with Crippen molar-refractivity contribution in [1.29, 1.82) is 0 Å². The molecule has 0 aliphatic heterocycles. The van der Waals surface area contributed by atoms with Crippen molar-refractivity contribution in [2.24, 2.45) is 0 Å². The van der Waals surface area contributed by atoms with Gasteiger partial charge in [-0.3, -0.25) is 0 Å². The fraction of sp³-hybridized carbons (Fsp3) is 0.727. The molecule has 1 aliphatic rings. The van der Waals surface area contributed by atoms with Crippen molar-refractivity contribution in [2.45, 2.75) is 31.6 Å². The molecule has 1 aromatic heterocycles. The summed E-state index contributed by atoms with van der Waals surface area (Å²) in [6.45, 7) is 1.04. The molecular weight excluding hydrogens is 238 g/mol. The van der Waals surface area contributed by atoms with E-state index in [2.05, 4.69) is 15.9 Å². The van der Waals surface area contributed by atoms with E-state index in [-0.39, 0.29) is 0 Å². The number of nitrogens with two attached hydrogens (primary N) is 1. The van der Waals surface area contributed by atoms with Crippen molar-refractivity contribution < 1.29 is 0 Å². The number of unbranched alkanes of at least 4 members (excludes halogenated alkanes) is 1. The van der Waals surface area contributed by atoms with Gasteiger partial charge in [0.1, 0.15) is 10.8 Å². The van der Waals surface area contributed by atoms with Crippen LogP contribution in [0.4, 0.5) is 10.8 Å². The maximum Gasteiger partial charge on any atom is 0.142 e. The van der Waals surface area contributed by atoms with Crippen LogP contribution in [0.25, 0.3) is 0 Å². The zero-order chi connectivity index (χ0) is 11.4. The van der Waals surface area contributed by atoms with Gasteiger partial charge in [0, 0.05) is 12.1 Å². The van der Waals surface area contributed by atoms with Crippen LogP contribution < -0.4 is 11.1 Å². The molecular formula is C11H19N3S2. The Kier molecular flexibility index (Phi) is 4.35. The molecule has 3 nitrogen and oxygen atoms in total. The summed E-state index contributed by atoms with van der Waals surface area (Å²) in [5.74, 6) is 2.69. The average molecular weight is 257 g/mol. The van der Waals surface area contributed by atoms with E-state index in [1.807, 2.05) is 11.8 Å². The third kappa shape index (κ3) is 3.04. The predicted molar refractivity (Wildman–Crippen MR) is 74.6 cm³/mol. The number of hydrogen-bond donors (Lipinski definition) is 2. The maximum atomic E-state index is 5.89. The van der Waals surface area contributed by atoms with E-state index in [9.17, 15) is 0 Å². The molecule has 16 heavy (non-hydrogen) atoms. The number of nitrogens with zero attached hydrogens (tertiary/aromatic N) is 1. The van der Waals surface area contributed by atoms with Crippen LogP contribution in [0.1, 0.15) is 37.2 Å². The summed E-state index contributed by atoms with van der Waals surface area (Å²) in [7, 11) is 0. The van der Waals surface area contributed by atoms with Crippen LogP contribution in [-0.4, -0.2) is 22.9 Å². The third-order valence-electron chi connectivity index (χ3n) is 2.80. The van der Waals surface area contributed by atoms with Crippen molar-refractivity contribution in [2.75, 3.05) is 29.6 Å². The minimum absolute atomic E-state index is 0.687. The lowest BCUT2D eigenvalue weighted by Gasteiger charge is -2.05. The van der Waals surface area contributed by atoms with Gasteiger partial charge in [-0.1, -0.05) is 0 Å². The van der Waals surface area contributed by atoms with Crippen molar-refractivity contribution in [3.05, 3.63) is 5.56 Å². The largest absolute Gasteiger partial charge is 0.383 e. The maximum absolute atomic E-state index is 5.89. The molecule has 3 N–H and O–H groups in total. The van der Waals surface area contributed by atoms with Gasteiger partial charge < -0.3 is 11.1 Å². The smallest absolute Gasteiger partial charge is 0.142 e. The molecule has 0 amide bonds. The quantitative estimate of drug-likeness (QED) is 0.737. The highest BCUT2D eigenvalue weighted by Crippen LogP contribution is 2.47. The van der Waals surface area contributed by atoms with Gasteiger partial charge in [0.05, 0.1) is 0 Å². The first-order chi connectivity index (χ1) is 7.83. The Hall–Kier alpha value is -0.420. The van der Waals surface area contributed by atoms with Gasteiger partial charge in [-0.25, -0.2) is 0 Å². The van der Waals surface area contributed by atoms with Gasteiger partial charge in [0.2, 0.25) is 0 Å². The highest BCUT2D eigenvalue weighted by Gasteiger charge is 2.30. The monoisotopic (exact) mass is 257 g/mol. The first-order valence-corrected chi connectivity index (χ1v) is 7.97. The number of thioether (sulfide) groups is 1. The van der Waals surface area contributed by atoms with Crippen LogP contribution in [0.3, 0.4) is 0 Å². The molecule has 0 saturated heterocycles. The summed E-state index contributed by atoms with van der Waals surface area (Å²) in [6.07, 6.45) is 7.22. The van der Waals surface area contributed by atoms with Gasteiger partial charge in [-0.15, -0.1) is 0 Å². The van der Waals surface area contributed by atoms with Crippen LogP contribution in [0.2, 0.25) is 0 Å². The zero-order valence-electron chi connectivity index (χ0n) is 9.66. The molecule has 0 aromatic carbocycles. The van der Waals surface area contributed by atoms with Crippen molar-refractivity contribution >= 4 is 34.1 Å². The van der Waals surface area contributed by atoms with Gasteiger partial charge in [-0.2, -0.15) is 16.1 Å². The van der Waals surface area contributed by atoms with Crippen LogP contribution in [0.5, 0.6) is 0 Å². The number of rotatable bonds is 7. The first-order valence-electron chi connectivity index (χ1n) is 5.80. The van der Waals surface area contributed by atoms with Crippen LogP contribution in [0.15, 0.2) is 0 Å². The number of nitrogens with one attached hydrogen (secondary N) is 1. The second-order valence-corrected chi connectivity index (χ2v) is 5.97. The molecule has 5 heteroatoms. The highest BCUT2D eigenvalue weighted by molar-refractivity contribution is 7.98. The Bertz CT molecular complexity index is 334. The van der Waals surface area contributed by atoms with E-state index in [1.54, 1.807) is 0 Å². The number of nitrogen functional groups attached to an aromatic ring is 1. The van der Waals surface area contributed by atoms with Crippen molar-refractivity contribution in [3.8, 4) is 0 Å². The SMILES string of the molecule is CSCCCCNc1snc(N)c1C1CC1. The van der Waals surface area contributed by atoms with E-state index in [1.165, 1.54) is 53.5 Å². The van der Waals surface area contributed by atoms with E-state index < -0.39 is 0 Å². The van der Waals surface area contributed by atoms with E-state index in [0.717, 1.165) is 12.4 Å². The molecule has 1 saturated carbocycles. The fourth-order valence-corrected chi connectivity index (χ4v) is 3.09. The van der Waals surface area contributed by atoms with Crippen molar-refractivity contribution in [1.82, 2.24) is 4.37 Å². The minimum Gasteiger partial charge on any atom is -0.383 e. The second kappa shape index (κ2) is 5.77. The molecule has 0 atom stereocenters. The Labute approximate surface area is 105 Å². The molecule has 0 spiro atoms. The Morgan fingerprint density at radius 1 is 1.50 bits per heavy atom. The van der Waals surface area contributed by atoms with E-state index >= 15 is 0 Å². The minimum atomic E-state index is 0.687. The second-order valence-electron chi connectivity index (χ2n) is 4.21. The van der Waals surface area contributed by atoms with Gasteiger partial charge in [0.25, 0.3) is 0 Å². The van der Waals surface area contributed by atoms with Crippen LogP contribution in [0, 0.1) is 0 Å².